The van der Waals surface area contributed by atoms with Crippen LogP contribution in [-0.4, -0.2) is 24.8 Å². The number of carbonyl (C=O) groups is 1. The van der Waals surface area contributed by atoms with E-state index in [1.165, 1.54) is 0 Å². The monoisotopic (exact) mass is 184 g/mol. The molecule has 0 aromatic heterocycles. The lowest BCUT2D eigenvalue weighted by Gasteiger charge is -2.23. The highest BCUT2D eigenvalue weighted by Gasteiger charge is 2.49. The molecule has 1 aliphatic carbocycles. The van der Waals surface area contributed by atoms with Crippen LogP contribution in [0.15, 0.2) is 0 Å². The molecular formula is C10H16O3. The molecule has 13 heavy (non-hydrogen) atoms. The summed E-state index contributed by atoms with van der Waals surface area (Å²) in [6.07, 6.45) is 2.69. The quantitative estimate of drug-likeness (QED) is 0.480. The fourth-order valence-corrected chi connectivity index (χ4v) is 2.18. The maximum Gasteiger partial charge on any atom is 0.309 e. The van der Waals surface area contributed by atoms with Gasteiger partial charge in [0, 0.05) is 0 Å². The molecule has 0 aromatic rings. The Labute approximate surface area is 78.4 Å². The fraction of sp³-hybridized carbons (Fsp3) is 0.900. The topological polar surface area (TPSA) is 38.8 Å². The number of esters is 1. The molecule has 0 bridgehead atoms. The summed E-state index contributed by atoms with van der Waals surface area (Å²) in [5.74, 6) is 0.454. The van der Waals surface area contributed by atoms with E-state index >= 15 is 0 Å². The molecule has 0 spiro atoms. The SMILES string of the molecule is CCOC(=O)C1CC2OC2CC1C. The highest BCUT2D eigenvalue weighted by Crippen LogP contribution is 2.42. The first-order valence-electron chi connectivity index (χ1n) is 5.04. The van der Waals surface area contributed by atoms with Crippen LogP contribution >= 0.6 is 0 Å². The van der Waals surface area contributed by atoms with Crippen LogP contribution in [0.5, 0.6) is 0 Å². The van der Waals surface area contributed by atoms with Gasteiger partial charge in [0.15, 0.2) is 0 Å². The van der Waals surface area contributed by atoms with Crippen molar-refractivity contribution in [2.45, 2.75) is 38.9 Å². The van der Waals surface area contributed by atoms with E-state index in [0.717, 1.165) is 12.8 Å². The summed E-state index contributed by atoms with van der Waals surface area (Å²) in [6.45, 7) is 4.44. The Morgan fingerprint density at radius 3 is 2.85 bits per heavy atom. The molecule has 0 amide bonds. The van der Waals surface area contributed by atoms with Gasteiger partial charge in [0.05, 0.1) is 24.7 Å². The summed E-state index contributed by atoms with van der Waals surface area (Å²) in [5.41, 5.74) is 0. The van der Waals surface area contributed by atoms with Gasteiger partial charge in [-0.1, -0.05) is 6.92 Å². The second kappa shape index (κ2) is 3.29. The van der Waals surface area contributed by atoms with Crippen molar-refractivity contribution in [1.29, 1.82) is 0 Å². The van der Waals surface area contributed by atoms with Crippen LogP contribution < -0.4 is 0 Å². The minimum absolute atomic E-state index is 0.0380. The van der Waals surface area contributed by atoms with Gasteiger partial charge in [0.25, 0.3) is 0 Å². The Kier molecular flexibility index (Phi) is 2.28. The smallest absolute Gasteiger partial charge is 0.309 e. The first-order chi connectivity index (χ1) is 6.22. The Morgan fingerprint density at radius 2 is 2.15 bits per heavy atom. The Balaban J connectivity index is 1.93. The molecule has 1 saturated heterocycles. The molecule has 2 aliphatic rings. The van der Waals surface area contributed by atoms with Crippen LogP contribution in [0.4, 0.5) is 0 Å². The number of hydrogen-bond donors (Lipinski definition) is 0. The fourth-order valence-electron chi connectivity index (χ4n) is 2.18. The van der Waals surface area contributed by atoms with E-state index in [2.05, 4.69) is 6.92 Å². The van der Waals surface area contributed by atoms with Gasteiger partial charge in [0.2, 0.25) is 0 Å². The minimum atomic E-state index is -0.0380. The summed E-state index contributed by atoms with van der Waals surface area (Å²) in [5, 5.41) is 0. The van der Waals surface area contributed by atoms with Gasteiger partial charge in [-0.15, -0.1) is 0 Å². The van der Waals surface area contributed by atoms with Crippen LogP contribution in [-0.2, 0) is 14.3 Å². The van der Waals surface area contributed by atoms with Crippen molar-refractivity contribution in [3.63, 3.8) is 0 Å². The molecule has 0 radical (unpaired) electrons. The molecule has 3 heteroatoms. The zero-order valence-electron chi connectivity index (χ0n) is 8.16. The Bertz CT molecular complexity index is 214. The number of rotatable bonds is 2. The third kappa shape index (κ3) is 1.70. The van der Waals surface area contributed by atoms with Crippen LogP contribution in [0.25, 0.3) is 0 Å². The second-order valence-corrected chi connectivity index (χ2v) is 4.02. The van der Waals surface area contributed by atoms with Crippen LogP contribution in [0.1, 0.15) is 26.7 Å². The average molecular weight is 184 g/mol. The minimum Gasteiger partial charge on any atom is -0.466 e. The predicted molar refractivity (Wildman–Crippen MR) is 47.2 cm³/mol. The molecule has 4 atom stereocenters. The van der Waals surface area contributed by atoms with Gasteiger partial charge in [-0.05, 0) is 25.7 Å². The molecule has 4 unspecified atom stereocenters. The van der Waals surface area contributed by atoms with Crippen LogP contribution in [0, 0.1) is 11.8 Å². The first-order valence-corrected chi connectivity index (χ1v) is 5.04. The van der Waals surface area contributed by atoms with Crippen molar-refractivity contribution in [2.24, 2.45) is 11.8 Å². The van der Waals surface area contributed by atoms with E-state index < -0.39 is 0 Å². The Hall–Kier alpha value is -0.570. The van der Waals surface area contributed by atoms with Gasteiger partial charge in [-0.2, -0.15) is 0 Å². The van der Waals surface area contributed by atoms with Gasteiger partial charge < -0.3 is 9.47 Å². The highest BCUT2D eigenvalue weighted by atomic mass is 16.6. The van der Waals surface area contributed by atoms with Gasteiger partial charge in [-0.25, -0.2) is 0 Å². The van der Waals surface area contributed by atoms with Gasteiger partial charge in [-0.3, -0.25) is 4.79 Å². The summed E-state index contributed by atoms with van der Waals surface area (Å²) in [6, 6.07) is 0. The zero-order chi connectivity index (χ0) is 9.42. The van der Waals surface area contributed by atoms with Crippen molar-refractivity contribution < 1.29 is 14.3 Å². The molecule has 1 aliphatic heterocycles. The maximum atomic E-state index is 11.5. The molecule has 74 valence electrons. The molecule has 3 nitrogen and oxygen atoms in total. The van der Waals surface area contributed by atoms with Gasteiger partial charge >= 0.3 is 5.97 Å². The number of carbonyl (C=O) groups excluding carboxylic acids is 1. The van der Waals surface area contributed by atoms with Crippen LogP contribution in [0.3, 0.4) is 0 Å². The Morgan fingerprint density at radius 1 is 1.46 bits per heavy atom. The number of fused-ring (bicyclic) bond motifs is 1. The molecule has 2 fully saturated rings. The molecule has 2 rings (SSSR count). The average Bonchev–Trinajstić information content (AvgIpc) is 2.81. The molecule has 1 heterocycles. The second-order valence-electron chi connectivity index (χ2n) is 4.02. The molecule has 0 aromatic carbocycles. The highest BCUT2D eigenvalue weighted by molar-refractivity contribution is 5.73. The number of ether oxygens (including phenoxy) is 2. The summed E-state index contributed by atoms with van der Waals surface area (Å²) < 4.78 is 10.4. The van der Waals surface area contributed by atoms with Crippen molar-refractivity contribution in [2.75, 3.05) is 6.61 Å². The summed E-state index contributed by atoms with van der Waals surface area (Å²) in [7, 11) is 0. The van der Waals surface area contributed by atoms with Crippen LogP contribution in [0.2, 0.25) is 0 Å². The number of hydrogen-bond acceptors (Lipinski definition) is 3. The van der Waals surface area contributed by atoms with E-state index in [9.17, 15) is 4.79 Å². The zero-order valence-corrected chi connectivity index (χ0v) is 8.16. The summed E-state index contributed by atoms with van der Waals surface area (Å²) >= 11 is 0. The standard InChI is InChI=1S/C10H16O3/c1-3-12-10(11)7-5-9-8(13-9)4-6(7)2/h6-9H,3-5H2,1-2H3. The van der Waals surface area contributed by atoms with E-state index in [1.54, 1.807) is 0 Å². The van der Waals surface area contributed by atoms with E-state index in [-0.39, 0.29) is 11.9 Å². The van der Waals surface area contributed by atoms with E-state index in [4.69, 9.17) is 9.47 Å². The molecular weight excluding hydrogens is 168 g/mol. The maximum absolute atomic E-state index is 11.5. The molecule has 1 saturated carbocycles. The number of epoxide rings is 1. The lowest BCUT2D eigenvalue weighted by Crippen LogP contribution is -2.30. The van der Waals surface area contributed by atoms with Crippen molar-refractivity contribution >= 4 is 5.97 Å². The van der Waals surface area contributed by atoms with Crippen molar-refractivity contribution in [3.05, 3.63) is 0 Å². The van der Waals surface area contributed by atoms with Crippen molar-refractivity contribution in [1.82, 2.24) is 0 Å². The predicted octanol–water partition coefficient (Wildman–Crippen LogP) is 1.36. The summed E-state index contributed by atoms with van der Waals surface area (Å²) in [4.78, 5) is 11.5. The molecule has 0 N–H and O–H groups in total. The van der Waals surface area contributed by atoms with Gasteiger partial charge in [0.1, 0.15) is 0 Å². The third-order valence-corrected chi connectivity index (χ3v) is 3.05. The lowest BCUT2D eigenvalue weighted by atomic mass is 9.80. The van der Waals surface area contributed by atoms with E-state index in [1.807, 2.05) is 6.92 Å². The van der Waals surface area contributed by atoms with Crippen molar-refractivity contribution in [3.8, 4) is 0 Å². The first kappa shape index (κ1) is 9.00. The normalized spacial score (nSPS) is 42.3. The largest absolute Gasteiger partial charge is 0.466 e. The van der Waals surface area contributed by atoms with E-state index in [0.29, 0.717) is 24.7 Å². The lowest BCUT2D eigenvalue weighted by molar-refractivity contribution is -0.150. The third-order valence-electron chi connectivity index (χ3n) is 3.05.